The Morgan fingerprint density at radius 2 is 1.90 bits per heavy atom. The SMILES string of the molecule is C.CC.CC=NB(N)NC. The number of rotatable bonds is 2. The molecule has 0 bridgehead atoms. The highest BCUT2D eigenvalue weighted by Crippen LogP contribution is 1.59. The molecule has 4 heteroatoms. The largest absolute Gasteiger partial charge is 0.446 e. The van der Waals surface area contributed by atoms with Gasteiger partial charge in [0.25, 0.3) is 0 Å². The summed E-state index contributed by atoms with van der Waals surface area (Å²) in [5, 5.41) is 2.75. The zero-order valence-electron chi connectivity index (χ0n) is 6.68. The van der Waals surface area contributed by atoms with Crippen LogP contribution in [-0.2, 0) is 0 Å². The van der Waals surface area contributed by atoms with Gasteiger partial charge in [0.1, 0.15) is 0 Å². The normalized spacial score (nSPS) is 7.70. The lowest BCUT2D eigenvalue weighted by Crippen LogP contribution is -2.38. The second-order valence-electron chi connectivity index (χ2n) is 1.14. The lowest BCUT2D eigenvalue weighted by Gasteiger charge is -1.92. The zero-order chi connectivity index (χ0) is 7.70. The summed E-state index contributed by atoms with van der Waals surface area (Å²) in [5.74, 6) is 0. The quantitative estimate of drug-likeness (QED) is 0.448. The van der Waals surface area contributed by atoms with Crippen molar-refractivity contribution < 1.29 is 0 Å². The number of nitrogens with zero attached hydrogens (tertiary/aromatic N) is 1. The van der Waals surface area contributed by atoms with E-state index in [0.29, 0.717) is 0 Å². The molecule has 0 fully saturated rings. The molecule has 0 aliphatic heterocycles. The summed E-state index contributed by atoms with van der Waals surface area (Å²) in [6.45, 7) is 5.83. The van der Waals surface area contributed by atoms with Crippen LogP contribution in [-0.4, -0.2) is 20.4 Å². The highest BCUT2D eigenvalue weighted by molar-refractivity contribution is 6.51. The van der Waals surface area contributed by atoms with Crippen molar-refractivity contribution in [1.29, 1.82) is 0 Å². The third-order valence-electron chi connectivity index (χ3n) is 0.605. The van der Waals surface area contributed by atoms with Gasteiger partial charge in [-0.1, -0.05) is 21.3 Å². The molecule has 3 nitrogen and oxygen atoms in total. The topological polar surface area (TPSA) is 50.4 Å². The van der Waals surface area contributed by atoms with Crippen molar-refractivity contribution in [3.05, 3.63) is 0 Å². The number of hydrogen-bond acceptors (Lipinski definition) is 3. The third-order valence-corrected chi connectivity index (χ3v) is 0.605. The van der Waals surface area contributed by atoms with E-state index in [1.54, 1.807) is 13.3 Å². The monoisotopic (exact) mass is 145 g/mol. The lowest BCUT2D eigenvalue weighted by molar-refractivity contribution is 1.18. The predicted molar refractivity (Wildman–Crippen MR) is 51.2 cm³/mol. The Morgan fingerprint density at radius 1 is 1.50 bits per heavy atom. The average molecular weight is 145 g/mol. The molecule has 0 rings (SSSR count). The molecule has 0 aromatic carbocycles. The Balaban J connectivity index is -0.000000149. The van der Waals surface area contributed by atoms with E-state index < -0.39 is 0 Å². The van der Waals surface area contributed by atoms with E-state index >= 15 is 0 Å². The molecule has 0 spiro atoms. The Kier molecular flexibility index (Phi) is 25.9. The van der Waals surface area contributed by atoms with Crippen LogP contribution in [0, 0.1) is 0 Å². The summed E-state index contributed by atoms with van der Waals surface area (Å²) in [5.41, 5.74) is 5.27. The molecule has 0 amide bonds. The first-order valence-electron chi connectivity index (χ1n) is 3.22. The summed E-state index contributed by atoms with van der Waals surface area (Å²) in [6, 6.07) is 0. The molecule has 0 saturated carbocycles. The van der Waals surface area contributed by atoms with Crippen LogP contribution in [0.5, 0.6) is 0 Å². The Labute approximate surface area is 65.3 Å². The van der Waals surface area contributed by atoms with Gasteiger partial charge in [-0.25, -0.2) is 0 Å². The van der Waals surface area contributed by atoms with Gasteiger partial charge >= 0.3 is 7.12 Å². The molecule has 0 saturated heterocycles. The fourth-order valence-corrected chi connectivity index (χ4v) is 0.235. The number of nitrogens with two attached hydrogens (primary N) is 1. The van der Waals surface area contributed by atoms with Crippen molar-refractivity contribution in [2.24, 2.45) is 10.5 Å². The maximum atomic E-state index is 5.27. The maximum absolute atomic E-state index is 5.27. The molecule has 62 valence electrons. The predicted octanol–water partition coefficient (Wildman–Crippen LogP) is 0.902. The molecule has 0 aromatic rings. The summed E-state index contributed by atoms with van der Waals surface area (Å²) >= 11 is 0. The molecular formula is C6H20BN3. The van der Waals surface area contributed by atoms with E-state index in [-0.39, 0.29) is 14.5 Å². The molecule has 0 atom stereocenters. The van der Waals surface area contributed by atoms with E-state index in [2.05, 4.69) is 10.1 Å². The van der Waals surface area contributed by atoms with Gasteiger partial charge in [-0.3, -0.25) is 0 Å². The van der Waals surface area contributed by atoms with Crippen LogP contribution < -0.4 is 10.9 Å². The minimum atomic E-state index is -0.231. The van der Waals surface area contributed by atoms with Gasteiger partial charge in [-0.15, -0.1) is 0 Å². The van der Waals surface area contributed by atoms with Crippen molar-refractivity contribution in [2.45, 2.75) is 28.2 Å². The molecule has 0 unspecified atom stereocenters. The van der Waals surface area contributed by atoms with Crippen LogP contribution in [0.3, 0.4) is 0 Å². The van der Waals surface area contributed by atoms with Crippen LogP contribution in [0.4, 0.5) is 0 Å². The van der Waals surface area contributed by atoms with Gasteiger partial charge < -0.3 is 15.8 Å². The molecule has 0 aliphatic rings. The maximum Gasteiger partial charge on any atom is 0.446 e. The fraction of sp³-hybridized carbons (Fsp3) is 0.833. The van der Waals surface area contributed by atoms with Crippen LogP contribution in [0.2, 0.25) is 0 Å². The summed E-state index contributed by atoms with van der Waals surface area (Å²) in [7, 11) is 1.53. The van der Waals surface area contributed by atoms with E-state index in [9.17, 15) is 0 Å². The smallest absolute Gasteiger partial charge is 0.335 e. The zero-order valence-corrected chi connectivity index (χ0v) is 6.68. The van der Waals surface area contributed by atoms with Crippen LogP contribution >= 0.6 is 0 Å². The summed E-state index contributed by atoms with van der Waals surface area (Å²) in [4.78, 5) is 3.78. The molecule has 0 aromatic heterocycles. The summed E-state index contributed by atoms with van der Waals surface area (Å²) in [6.07, 6.45) is 1.67. The van der Waals surface area contributed by atoms with Gasteiger partial charge in [0.15, 0.2) is 0 Å². The highest BCUT2D eigenvalue weighted by Gasteiger charge is 1.96. The fourth-order valence-electron chi connectivity index (χ4n) is 0.235. The van der Waals surface area contributed by atoms with Crippen LogP contribution in [0.1, 0.15) is 28.2 Å². The second kappa shape index (κ2) is 15.9. The first-order valence-corrected chi connectivity index (χ1v) is 3.22. The van der Waals surface area contributed by atoms with Gasteiger partial charge in [0.05, 0.1) is 0 Å². The Bertz CT molecular complexity index is 66.0. The van der Waals surface area contributed by atoms with Gasteiger partial charge in [0, 0.05) is 0 Å². The van der Waals surface area contributed by atoms with Crippen molar-refractivity contribution in [3.8, 4) is 0 Å². The van der Waals surface area contributed by atoms with Gasteiger partial charge in [0.2, 0.25) is 0 Å². The van der Waals surface area contributed by atoms with Crippen molar-refractivity contribution >= 4 is 13.3 Å². The number of hydrogen-bond donors (Lipinski definition) is 2. The average Bonchev–Trinajstić information content (AvgIpc) is 1.93. The third kappa shape index (κ3) is 15.6. The van der Waals surface area contributed by atoms with Gasteiger partial charge in [-0.2, -0.15) is 0 Å². The minimum Gasteiger partial charge on any atom is -0.335 e. The van der Waals surface area contributed by atoms with Crippen LogP contribution in [0.25, 0.3) is 0 Å². The molecule has 3 N–H and O–H groups in total. The molecule has 0 radical (unpaired) electrons. The van der Waals surface area contributed by atoms with Crippen molar-refractivity contribution in [3.63, 3.8) is 0 Å². The molecule has 0 aliphatic carbocycles. The van der Waals surface area contributed by atoms with Crippen molar-refractivity contribution in [2.75, 3.05) is 7.05 Å². The standard InChI is InChI=1S/C3H10BN3.C2H6.CH4/c1-3-7-4(5)6-2;1-2;/h3,6H,5H2,1-2H3;1-2H3;1H4. The highest BCUT2D eigenvalue weighted by atomic mass is 14.9. The molecule has 0 heterocycles. The van der Waals surface area contributed by atoms with E-state index in [4.69, 9.17) is 5.64 Å². The number of nitrogens with one attached hydrogen (secondary N) is 1. The lowest BCUT2D eigenvalue weighted by atomic mass is 10.0. The molecular weight excluding hydrogens is 125 g/mol. The summed E-state index contributed by atoms with van der Waals surface area (Å²) < 4.78 is 0. The van der Waals surface area contributed by atoms with E-state index in [1.807, 2.05) is 20.8 Å². The first kappa shape index (κ1) is 16.3. The van der Waals surface area contributed by atoms with Crippen LogP contribution in [0.15, 0.2) is 4.90 Å². The van der Waals surface area contributed by atoms with Crippen molar-refractivity contribution in [1.82, 2.24) is 5.23 Å². The van der Waals surface area contributed by atoms with Gasteiger partial charge in [-0.05, 0) is 20.2 Å². The second-order valence-corrected chi connectivity index (χ2v) is 1.14. The Hall–Kier alpha value is -0.345. The van der Waals surface area contributed by atoms with E-state index in [1.165, 1.54) is 0 Å². The van der Waals surface area contributed by atoms with E-state index in [0.717, 1.165) is 0 Å². The Morgan fingerprint density at radius 3 is 2.00 bits per heavy atom. The first-order chi connectivity index (χ1) is 4.31. The molecule has 10 heavy (non-hydrogen) atoms. The minimum absolute atomic E-state index is 0.